The number of thiophene rings is 1. The van der Waals surface area contributed by atoms with Crippen LogP contribution in [0.5, 0.6) is 0 Å². The van der Waals surface area contributed by atoms with Crippen LogP contribution in [0.25, 0.3) is 10.4 Å². The lowest BCUT2D eigenvalue weighted by Crippen LogP contribution is -2.27. The number of rotatable bonds is 3. The lowest BCUT2D eigenvalue weighted by Gasteiger charge is -2.28. The highest BCUT2D eigenvalue weighted by atomic mass is 32.1. The molecule has 0 spiro atoms. The first-order valence-electron chi connectivity index (χ1n) is 7.50. The standard InChI is InChI=1S/C17H17NS.C3H6/c1-3-13(2)18-10-9-15-11-16(19-17(15)12-18)14-7-5-4-6-8-14;1-3-2/h3-8,11H,1-2,9-10,12H2;3H,1H2,2H3. The number of hydrogen-bond acceptors (Lipinski definition) is 2. The van der Waals surface area contributed by atoms with E-state index < -0.39 is 0 Å². The van der Waals surface area contributed by atoms with Gasteiger partial charge in [0.25, 0.3) is 0 Å². The fourth-order valence-corrected chi connectivity index (χ4v) is 3.67. The monoisotopic (exact) mass is 309 g/mol. The Bertz CT molecular complexity index is 652. The molecular weight excluding hydrogens is 286 g/mol. The van der Waals surface area contributed by atoms with Gasteiger partial charge in [-0.15, -0.1) is 17.9 Å². The van der Waals surface area contributed by atoms with Crippen LogP contribution in [0.1, 0.15) is 17.4 Å². The zero-order valence-corrected chi connectivity index (χ0v) is 14.0. The van der Waals surface area contributed by atoms with E-state index in [1.165, 1.54) is 20.9 Å². The Morgan fingerprint density at radius 3 is 2.55 bits per heavy atom. The molecule has 2 aromatic rings. The third-order valence-corrected chi connectivity index (χ3v) is 4.79. The van der Waals surface area contributed by atoms with E-state index in [2.05, 4.69) is 61.0 Å². The van der Waals surface area contributed by atoms with Gasteiger partial charge in [-0.2, -0.15) is 0 Å². The highest BCUT2D eigenvalue weighted by molar-refractivity contribution is 7.15. The molecule has 1 aromatic heterocycles. The second-order valence-corrected chi connectivity index (χ2v) is 6.34. The van der Waals surface area contributed by atoms with Crippen molar-refractivity contribution in [2.45, 2.75) is 19.9 Å². The van der Waals surface area contributed by atoms with Crippen molar-refractivity contribution in [1.29, 1.82) is 0 Å². The molecule has 114 valence electrons. The third-order valence-electron chi connectivity index (χ3n) is 3.58. The summed E-state index contributed by atoms with van der Waals surface area (Å²) in [4.78, 5) is 5.14. The van der Waals surface area contributed by atoms with Crippen LogP contribution < -0.4 is 0 Å². The van der Waals surface area contributed by atoms with Crippen molar-refractivity contribution in [2.75, 3.05) is 6.54 Å². The summed E-state index contributed by atoms with van der Waals surface area (Å²) in [5.74, 6) is 0. The lowest BCUT2D eigenvalue weighted by atomic mass is 10.1. The lowest BCUT2D eigenvalue weighted by molar-refractivity contribution is 0.338. The van der Waals surface area contributed by atoms with E-state index in [9.17, 15) is 0 Å². The zero-order valence-electron chi connectivity index (χ0n) is 13.2. The highest BCUT2D eigenvalue weighted by Gasteiger charge is 2.19. The van der Waals surface area contributed by atoms with Crippen LogP contribution in [0.2, 0.25) is 0 Å². The van der Waals surface area contributed by atoms with Crippen molar-refractivity contribution in [3.05, 3.63) is 84.4 Å². The van der Waals surface area contributed by atoms with Gasteiger partial charge in [-0.25, -0.2) is 0 Å². The Kier molecular flexibility index (Phi) is 5.79. The molecule has 0 bridgehead atoms. The minimum absolute atomic E-state index is 0.970. The Balaban J connectivity index is 0.000000545. The second-order valence-electron chi connectivity index (χ2n) is 5.20. The number of allylic oxidation sites excluding steroid dienone is 2. The first-order chi connectivity index (χ1) is 10.7. The molecule has 0 amide bonds. The largest absolute Gasteiger partial charge is 0.367 e. The molecule has 0 radical (unpaired) electrons. The summed E-state index contributed by atoms with van der Waals surface area (Å²) in [5, 5.41) is 0. The number of fused-ring (bicyclic) bond motifs is 1. The summed E-state index contributed by atoms with van der Waals surface area (Å²) in [5.41, 5.74) is 3.84. The Labute approximate surface area is 137 Å². The molecule has 1 aromatic carbocycles. The highest BCUT2D eigenvalue weighted by Crippen LogP contribution is 2.35. The molecular formula is C20H23NS. The SMILES string of the molecule is C=CC.C=CC(=C)N1CCc2cc(-c3ccccc3)sc2C1. The normalized spacial score (nSPS) is 12.7. The van der Waals surface area contributed by atoms with Crippen LogP contribution >= 0.6 is 11.3 Å². The van der Waals surface area contributed by atoms with Crippen molar-refractivity contribution < 1.29 is 0 Å². The van der Waals surface area contributed by atoms with E-state index in [0.717, 1.165) is 25.2 Å². The van der Waals surface area contributed by atoms with Crippen LogP contribution in [0.3, 0.4) is 0 Å². The summed E-state index contributed by atoms with van der Waals surface area (Å²) in [6.07, 6.45) is 4.70. The van der Waals surface area contributed by atoms with Crippen molar-refractivity contribution in [3.63, 3.8) is 0 Å². The van der Waals surface area contributed by atoms with Crippen LogP contribution in [-0.4, -0.2) is 11.4 Å². The number of hydrogen-bond donors (Lipinski definition) is 0. The predicted octanol–water partition coefficient (Wildman–Crippen LogP) is 5.67. The molecule has 0 atom stereocenters. The van der Waals surface area contributed by atoms with Crippen LogP contribution in [0.4, 0.5) is 0 Å². The average Bonchev–Trinajstić information content (AvgIpc) is 2.99. The van der Waals surface area contributed by atoms with E-state index in [-0.39, 0.29) is 0 Å². The van der Waals surface area contributed by atoms with E-state index in [1.807, 2.05) is 24.3 Å². The molecule has 22 heavy (non-hydrogen) atoms. The van der Waals surface area contributed by atoms with Gasteiger partial charge in [0.15, 0.2) is 0 Å². The molecule has 0 saturated heterocycles. The van der Waals surface area contributed by atoms with Gasteiger partial charge in [0.1, 0.15) is 0 Å². The maximum atomic E-state index is 4.05. The second kappa shape index (κ2) is 7.81. The molecule has 0 N–H and O–H groups in total. The van der Waals surface area contributed by atoms with Crippen LogP contribution in [0, 0.1) is 0 Å². The molecule has 2 heteroatoms. The van der Waals surface area contributed by atoms with Gasteiger partial charge < -0.3 is 4.90 Å². The predicted molar refractivity (Wildman–Crippen MR) is 99.1 cm³/mol. The van der Waals surface area contributed by atoms with Gasteiger partial charge in [-0.3, -0.25) is 0 Å². The Hall–Kier alpha value is -2.06. The Morgan fingerprint density at radius 1 is 1.23 bits per heavy atom. The topological polar surface area (TPSA) is 3.24 Å². The minimum atomic E-state index is 0.970. The first kappa shape index (κ1) is 16.3. The smallest absolute Gasteiger partial charge is 0.0525 e. The van der Waals surface area contributed by atoms with E-state index >= 15 is 0 Å². The summed E-state index contributed by atoms with van der Waals surface area (Å²) < 4.78 is 0. The third kappa shape index (κ3) is 3.77. The summed E-state index contributed by atoms with van der Waals surface area (Å²) >= 11 is 1.90. The molecule has 2 heterocycles. The van der Waals surface area contributed by atoms with E-state index in [4.69, 9.17) is 0 Å². The molecule has 0 saturated carbocycles. The minimum Gasteiger partial charge on any atom is -0.367 e. The quantitative estimate of drug-likeness (QED) is 0.522. The van der Waals surface area contributed by atoms with Gasteiger partial charge in [0, 0.05) is 22.0 Å². The fraction of sp³-hybridized carbons (Fsp3) is 0.200. The van der Waals surface area contributed by atoms with Gasteiger partial charge in [0.2, 0.25) is 0 Å². The molecule has 1 aliphatic heterocycles. The fourth-order valence-electron chi connectivity index (χ4n) is 2.44. The summed E-state index contributed by atoms with van der Waals surface area (Å²) in [7, 11) is 0. The Morgan fingerprint density at radius 2 is 1.91 bits per heavy atom. The van der Waals surface area contributed by atoms with Crippen molar-refractivity contribution in [2.24, 2.45) is 0 Å². The molecule has 0 aliphatic carbocycles. The van der Waals surface area contributed by atoms with E-state index in [0.29, 0.717) is 0 Å². The average molecular weight is 309 g/mol. The van der Waals surface area contributed by atoms with Gasteiger partial charge >= 0.3 is 0 Å². The van der Waals surface area contributed by atoms with Crippen molar-refractivity contribution in [3.8, 4) is 10.4 Å². The van der Waals surface area contributed by atoms with E-state index in [1.54, 1.807) is 6.08 Å². The molecule has 3 rings (SSSR count). The molecule has 1 aliphatic rings. The van der Waals surface area contributed by atoms with Crippen LogP contribution in [-0.2, 0) is 13.0 Å². The van der Waals surface area contributed by atoms with Gasteiger partial charge in [-0.05, 0) is 36.6 Å². The van der Waals surface area contributed by atoms with Crippen molar-refractivity contribution in [1.82, 2.24) is 4.90 Å². The van der Waals surface area contributed by atoms with Crippen molar-refractivity contribution >= 4 is 11.3 Å². The van der Waals surface area contributed by atoms with Crippen LogP contribution in [0.15, 0.2) is 74.0 Å². The molecule has 0 fully saturated rings. The number of nitrogens with zero attached hydrogens (tertiary/aromatic N) is 1. The zero-order chi connectivity index (χ0) is 15.9. The van der Waals surface area contributed by atoms with Gasteiger partial charge in [-0.1, -0.05) is 49.6 Å². The maximum Gasteiger partial charge on any atom is 0.0525 e. The molecule has 1 nitrogen and oxygen atoms in total. The first-order valence-corrected chi connectivity index (χ1v) is 8.31. The van der Waals surface area contributed by atoms with Gasteiger partial charge in [0.05, 0.1) is 6.54 Å². The number of benzene rings is 1. The summed E-state index contributed by atoms with van der Waals surface area (Å²) in [6, 6.07) is 13.0. The molecule has 0 unspecified atom stereocenters. The maximum absolute atomic E-state index is 4.05. The summed E-state index contributed by atoms with van der Waals surface area (Å²) in [6.45, 7) is 15.1.